The Morgan fingerprint density at radius 3 is 2.29 bits per heavy atom. The smallest absolute Gasteiger partial charge is 0.256 e. The second-order valence-corrected chi connectivity index (χ2v) is 8.15. The van der Waals surface area contributed by atoms with Crippen LogP contribution < -0.4 is 5.32 Å². The number of nitrogens with zero attached hydrogens (tertiary/aromatic N) is 1. The summed E-state index contributed by atoms with van der Waals surface area (Å²) in [4.78, 5) is 18.2. The Hall–Kier alpha value is -2.88. The first-order chi connectivity index (χ1) is 15.0. The van der Waals surface area contributed by atoms with Gasteiger partial charge in [0.05, 0.1) is 21.8 Å². The number of hydrogen-bond acceptors (Lipinski definition) is 2. The van der Waals surface area contributed by atoms with Gasteiger partial charge in [0.2, 0.25) is 0 Å². The van der Waals surface area contributed by atoms with Gasteiger partial charge in [-0.3, -0.25) is 4.79 Å². The quantitative estimate of drug-likeness (QED) is 0.341. The van der Waals surface area contributed by atoms with Gasteiger partial charge in [0, 0.05) is 21.7 Å². The molecule has 0 radical (unpaired) electrons. The Morgan fingerprint density at radius 2 is 1.61 bits per heavy atom. The number of halogens is 2. The molecule has 0 aliphatic heterocycles. The topological polar surface area (TPSA) is 42.0 Å². The minimum Gasteiger partial charge on any atom is -0.321 e. The molecule has 0 saturated heterocycles. The van der Waals surface area contributed by atoms with Crippen molar-refractivity contribution in [1.29, 1.82) is 0 Å². The van der Waals surface area contributed by atoms with Crippen LogP contribution in [-0.4, -0.2) is 10.9 Å². The highest BCUT2D eigenvalue weighted by molar-refractivity contribution is 6.36. The first kappa shape index (κ1) is 21.4. The number of nitrogens with one attached hydrogen (secondary N) is 1. The van der Waals surface area contributed by atoms with Gasteiger partial charge in [-0.15, -0.1) is 0 Å². The van der Waals surface area contributed by atoms with Crippen LogP contribution in [0.1, 0.15) is 35.3 Å². The van der Waals surface area contributed by atoms with Gasteiger partial charge in [0.15, 0.2) is 0 Å². The average Bonchev–Trinajstić information content (AvgIpc) is 2.78. The summed E-state index contributed by atoms with van der Waals surface area (Å²) in [5, 5.41) is 5.01. The van der Waals surface area contributed by atoms with Crippen molar-refractivity contribution in [3.05, 3.63) is 93.5 Å². The van der Waals surface area contributed by atoms with Crippen LogP contribution >= 0.6 is 23.2 Å². The molecule has 0 spiro atoms. The van der Waals surface area contributed by atoms with Crippen molar-refractivity contribution in [2.24, 2.45) is 0 Å². The zero-order valence-corrected chi connectivity index (χ0v) is 18.9. The molecule has 4 aromatic rings. The number of para-hydroxylation sites is 2. The molecule has 31 heavy (non-hydrogen) atoms. The normalized spacial score (nSPS) is 11.0. The lowest BCUT2D eigenvalue weighted by Crippen LogP contribution is -2.16. The van der Waals surface area contributed by atoms with E-state index in [0.717, 1.165) is 46.1 Å². The molecule has 0 fully saturated rings. The van der Waals surface area contributed by atoms with Crippen molar-refractivity contribution in [3.8, 4) is 11.3 Å². The Bertz CT molecular complexity index is 1260. The van der Waals surface area contributed by atoms with E-state index in [1.165, 1.54) is 0 Å². The first-order valence-electron chi connectivity index (χ1n) is 10.3. The molecule has 0 aliphatic rings. The van der Waals surface area contributed by atoms with Crippen molar-refractivity contribution < 1.29 is 4.79 Å². The van der Waals surface area contributed by atoms with E-state index < -0.39 is 0 Å². The molecule has 0 aliphatic carbocycles. The highest BCUT2D eigenvalue weighted by Crippen LogP contribution is 2.32. The summed E-state index contributed by atoms with van der Waals surface area (Å²) >= 11 is 12.5. The van der Waals surface area contributed by atoms with Gasteiger partial charge in [0.1, 0.15) is 0 Å². The van der Waals surface area contributed by atoms with Crippen molar-refractivity contribution in [2.45, 2.75) is 26.7 Å². The molecule has 0 saturated carbocycles. The first-order valence-corrected chi connectivity index (χ1v) is 11.0. The van der Waals surface area contributed by atoms with Crippen LogP contribution in [0.5, 0.6) is 0 Å². The molecular weight excluding hydrogens is 427 g/mol. The van der Waals surface area contributed by atoms with E-state index in [2.05, 4.69) is 31.3 Å². The van der Waals surface area contributed by atoms with Gasteiger partial charge < -0.3 is 5.32 Å². The molecule has 1 heterocycles. The van der Waals surface area contributed by atoms with Crippen LogP contribution in [0.4, 0.5) is 5.69 Å². The maximum Gasteiger partial charge on any atom is 0.256 e. The van der Waals surface area contributed by atoms with Crippen molar-refractivity contribution >= 4 is 45.7 Å². The van der Waals surface area contributed by atoms with Crippen LogP contribution in [0.15, 0.2) is 66.7 Å². The third-order valence-electron chi connectivity index (χ3n) is 5.41. The summed E-state index contributed by atoms with van der Waals surface area (Å²) in [6.45, 7) is 4.18. The van der Waals surface area contributed by atoms with Crippen LogP contribution in [0.3, 0.4) is 0 Å². The molecular formula is C26H22Cl2N2O. The van der Waals surface area contributed by atoms with Gasteiger partial charge in [-0.1, -0.05) is 73.4 Å². The van der Waals surface area contributed by atoms with Crippen LogP contribution in [0.25, 0.3) is 22.2 Å². The Kier molecular flexibility index (Phi) is 6.26. The minimum absolute atomic E-state index is 0.166. The lowest BCUT2D eigenvalue weighted by Gasteiger charge is -2.16. The van der Waals surface area contributed by atoms with E-state index in [9.17, 15) is 4.79 Å². The Balaban J connectivity index is 1.85. The summed E-state index contributed by atoms with van der Waals surface area (Å²) in [6.07, 6.45) is 1.68. The number of carbonyl (C=O) groups is 1. The monoisotopic (exact) mass is 448 g/mol. The second kappa shape index (κ2) is 9.09. The number of fused-ring (bicyclic) bond motifs is 1. The number of anilines is 1. The Morgan fingerprint density at radius 1 is 0.903 bits per heavy atom. The lowest BCUT2D eigenvalue weighted by molar-refractivity contribution is 0.102. The van der Waals surface area contributed by atoms with Crippen molar-refractivity contribution in [2.75, 3.05) is 5.32 Å². The molecule has 1 N–H and O–H groups in total. The summed E-state index contributed by atoms with van der Waals surface area (Å²) in [5.74, 6) is -0.166. The maximum absolute atomic E-state index is 13.5. The number of carbonyl (C=O) groups excluding carboxylic acids is 1. The van der Waals surface area contributed by atoms with Crippen LogP contribution in [0.2, 0.25) is 10.0 Å². The fourth-order valence-corrected chi connectivity index (χ4v) is 4.29. The third kappa shape index (κ3) is 4.30. The molecule has 156 valence electrons. The van der Waals surface area contributed by atoms with Gasteiger partial charge in [-0.05, 0) is 54.3 Å². The number of aromatic nitrogens is 1. The fraction of sp³-hybridized carbons (Fsp3) is 0.154. The SMILES string of the molecule is CCc1cccc(CC)c1NC(=O)c1cc(-c2ccc(Cl)cc2Cl)nc2ccccc12. The molecule has 3 aromatic carbocycles. The van der Waals surface area contributed by atoms with Crippen molar-refractivity contribution in [1.82, 2.24) is 4.98 Å². The molecule has 0 bridgehead atoms. The van der Waals surface area contributed by atoms with Gasteiger partial charge in [-0.25, -0.2) is 4.98 Å². The number of amides is 1. The Labute approximate surface area is 192 Å². The standard InChI is InChI=1S/C26H22Cl2N2O/c1-3-16-8-7-9-17(4-2)25(16)30-26(31)21-15-24(20-13-12-18(27)14-22(20)28)29-23-11-6-5-10-19(21)23/h5-15H,3-4H2,1-2H3,(H,30,31). The molecule has 5 heteroatoms. The predicted molar refractivity (Wildman–Crippen MR) is 130 cm³/mol. The van der Waals surface area contributed by atoms with E-state index in [-0.39, 0.29) is 5.91 Å². The van der Waals surface area contributed by atoms with Crippen LogP contribution in [-0.2, 0) is 12.8 Å². The second-order valence-electron chi connectivity index (χ2n) is 7.31. The largest absolute Gasteiger partial charge is 0.321 e. The van der Waals surface area contributed by atoms with Gasteiger partial charge in [0.25, 0.3) is 5.91 Å². The summed E-state index contributed by atoms with van der Waals surface area (Å²) in [6, 6.07) is 20.8. The number of benzene rings is 3. The van der Waals surface area contributed by atoms with Gasteiger partial charge >= 0.3 is 0 Å². The van der Waals surface area contributed by atoms with Crippen LogP contribution in [0, 0.1) is 0 Å². The van der Waals surface area contributed by atoms with E-state index in [1.54, 1.807) is 18.2 Å². The van der Waals surface area contributed by atoms with E-state index in [0.29, 0.717) is 21.3 Å². The third-order valence-corrected chi connectivity index (χ3v) is 5.95. The highest BCUT2D eigenvalue weighted by Gasteiger charge is 2.17. The lowest BCUT2D eigenvalue weighted by atomic mass is 10.0. The highest BCUT2D eigenvalue weighted by atomic mass is 35.5. The van der Waals surface area contributed by atoms with Gasteiger partial charge in [-0.2, -0.15) is 0 Å². The summed E-state index contributed by atoms with van der Waals surface area (Å²) in [5.41, 5.74) is 5.78. The predicted octanol–water partition coefficient (Wildman–Crippen LogP) is 7.59. The molecule has 4 rings (SSSR count). The van der Waals surface area contributed by atoms with E-state index in [4.69, 9.17) is 28.2 Å². The molecule has 1 aromatic heterocycles. The molecule has 0 unspecified atom stereocenters. The number of hydrogen-bond donors (Lipinski definition) is 1. The number of aryl methyl sites for hydroxylation is 2. The molecule has 3 nitrogen and oxygen atoms in total. The summed E-state index contributed by atoms with van der Waals surface area (Å²) in [7, 11) is 0. The fourth-order valence-electron chi connectivity index (χ4n) is 3.78. The van der Waals surface area contributed by atoms with E-state index >= 15 is 0 Å². The molecule has 0 atom stereocenters. The zero-order valence-electron chi connectivity index (χ0n) is 17.4. The number of rotatable bonds is 5. The minimum atomic E-state index is -0.166. The summed E-state index contributed by atoms with van der Waals surface area (Å²) < 4.78 is 0. The van der Waals surface area contributed by atoms with Crippen molar-refractivity contribution in [3.63, 3.8) is 0 Å². The van der Waals surface area contributed by atoms with E-state index in [1.807, 2.05) is 36.4 Å². The number of pyridine rings is 1. The maximum atomic E-state index is 13.5. The zero-order chi connectivity index (χ0) is 22.0. The molecule has 1 amide bonds. The average molecular weight is 449 g/mol.